The second-order valence-electron chi connectivity index (χ2n) is 6.08. The number of nitrogens with zero attached hydrogens (tertiary/aromatic N) is 1. The molecule has 1 aromatic heterocycles. The van der Waals surface area contributed by atoms with Crippen LogP contribution in [-0.2, 0) is 7.05 Å². The molecule has 0 radical (unpaired) electrons. The molecule has 0 fully saturated rings. The van der Waals surface area contributed by atoms with Crippen molar-refractivity contribution in [2.24, 2.45) is 7.05 Å². The molecule has 0 unspecified atom stereocenters. The molecule has 0 atom stereocenters. The molecule has 5 heteroatoms. The second-order valence-corrected chi connectivity index (χ2v) is 6.08. The van der Waals surface area contributed by atoms with Crippen molar-refractivity contribution < 1.29 is 31.2 Å². The van der Waals surface area contributed by atoms with E-state index >= 15 is 0 Å². The molecular weight excluding hydrogens is 350 g/mol. The van der Waals surface area contributed by atoms with Crippen molar-refractivity contribution in [3.63, 3.8) is 0 Å². The molecule has 0 amide bonds. The predicted octanol–water partition coefficient (Wildman–Crippen LogP) is 1.00. The number of pyridine rings is 1. The highest BCUT2D eigenvalue weighted by atomic mass is 35.5. The van der Waals surface area contributed by atoms with Crippen molar-refractivity contribution in [1.82, 2.24) is 0 Å². The van der Waals surface area contributed by atoms with E-state index in [0.29, 0.717) is 0 Å². The monoisotopic (exact) mass is 369 g/mol. The number of methoxy groups -OCH3 is 3. The lowest BCUT2D eigenvalue weighted by Crippen LogP contribution is -3.00. The molecule has 0 spiro atoms. The van der Waals surface area contributed by atoms with Crippen molar-refractivity contribution in [3.05, 3.63) is 48.7 Å². The number of hydrogen-bond donors (Lipinski definition) is 0. The Morgan fingerprint density at radius 3 is 2.08 bits per heavy atom. The number of halogens is 1. The van der Waals surface area contributed by atoms with Crippen LogP contribution < -0.4 is 31.2 Å². The first-order valence-electron chi connectivity index (χ1n) is 8.11. The second kappa shape index (κ2) is 6.89. The zero-order chi connectivity index (χ0) is 17.6. The van der Waals surface area contributed by atoms with Crippen molar-refractivity contribution in [1.29, 1.82) is 0 Å². The third-order valence-electron chi connectivity index (χ3n) is 4.73. The predicted molar refractivity (Wildman–Crippen MR) is 99.8 cm³/mol. The molecule has 0 N–H and O–H groups in total. The largest absolute Gasteiger partial charge is 1.00 e. The van der Waals surface area contributed by atoms with E-state index < -0.39 is 0 Å². The van der Waals surface area contributed by atoms with E-state index in [1.54, 1.807) is 21.3 Å². The van der Waals surface area contributed by atoms with Gasteiger partial charge in [0, 0.05) is 5.39 Å². The summed E-state index contributed by atoms with van der Waals surface area (Å²) < 4.78 is 18.5. The first kappa shape index (κ1) is 18.1. The molecule has 0 saturated carbocycles. The zero-order valence-corrected chi connectivity index (χ0v) is 15.9. The lowest BCUT2D eigenvalue weighted by Gasteiger charge is -2.11. The summed E-state index contributed by atoms with van der Waals surface area (Å²) in [6.45, 7) is 0. The van der Waals surface area contributed by atoms with Crippen molar-refractivity contribution in [3.8, 4) is 17.2 Å². The Balaban J connectivity index is 0.00000196. The van der Waals surface area contributed by atoms with E-state index in [2.05, 4.69) is 42.1 Å². The molecular formula is C21H20ClNO3. The molecule has 4 nitrogen and oxygen atoms in total. The van der Waals surface area contributed by atoms with Crippen LogP contribution in [0.3, 0.4) is 0 Å². The summed E-state index contributed by atoms with van der Waals surface area (Å²) >= 11 is 0. The summed E-state index contributed by atoms with van der Waals surface area (Å²) in [6, 6.07) is 14.5. The van der Waals surface area contributed by atoms with Crippen LogP contribution in [0.4, 0.5) is 0 Å². The Bertz CT molecular complexity index is 1120. The average molecular weight is 370 g/mol. The standard InChI is InChI=1S/C21H20NO3.ClH/c1-22-12-14-9-15(23-2)6-8-16(14)17-7-5-13-10-19(24-3)20(25-4)11-18(13)21(17)22;/h5-12H,1-4H3;1H/q+1;/p-1. The molecule has 0 aliphatic rings. The fourth-order valence-corrected chi connectivity index (χ4v) is 3.53. The average Bonchev–Trinajstić information content (AvgIpc) is 2.65. The SMILES string of the molecule is COc1ccc2c(c1)c[n+](C)c1c3cc(OC)c(OC)cc3ccc21.[Cl-]. The fraction of sp³-hybridized carbons (Fsp3) is 0.190. The minimum Gasteiger partial charge on any atom is -1.00 e. The van der Waals surface area contributed by atoms with Gasteiger partial charge in [-0.05, 0) is 41.8 Å². The van der Waals surface area contributed by atoms with E-state index in [0.717, 1.165) is 38.9 Å². The Hall–Kier alpha value is -2.72. The third-order valence-corrected chi connectivity index (χ3v) is 4.73. The van der Waals surface area contributed by atoms with Gasteiger partial charge in [-0.3, -0.25) is 0 Å². The number of hydrogen-bond acceptors (Lipinski definition) is 3. The molecule has 134 valence electrons. The van der Waals surface area contributed by atoms with Crippen LogP contribution in [0, 0.1) is 0 Å². The summed E-state index contributed by atoms with van der Waals surface area (Å²) in [4.78, 5) is 0. The summed E-state index contributed by atoms with van der Waals surface area (Å²) in [7, 11) is 7.08. The normalized spacial score (nSPS) is 10.8. The lowest BCUT2D eigenvalue weighted by molar-refractivity contribution is -0.642. The summed E-state index contributed by atoms with van der Waals surface area (Å²) in [5.74, 6) is 2.33. The Kier molecular flexibility index (Phi) is 4.79. The molecule has 3 aromatic carbocycles. The number of fused-ring (bicyclic) bond motifs is 5. The van der Waals surface area contributed by atoms with Gasteiger partial charge in [-0.2, -0.15) is 4.57 Å². The van der Waals surface area contributed by atoms with Crippen LogP contribution in [0.15, 0.2) is 48.7 Å². The van der Waals surface area contributed by atoms with E-state index in [9.17, 15) is 0 Å². The van der Waals surface area contributed by atoms with Crippen LogP contribution in [0.2, 0.25) is 0 Å². The maximum Gasteiger partial charge on any atom is 0.220 e. The number of aromatic nitrogens is 1. The fourth-order valence-electron chi connectivity index (χ4n) is 3.53. The highest BCUT2D eigenvalue weighted by Crippen LogP contribution is 2.36. The van der Waals surface area contributed by atoms with Crippen molar-refractivity contribution in [2.45, 2.75) is 0 Å². The molecule has 0 aliphatic heterocycles. The van der Waals surface area contributed by atoms with Crippen molar-refractivity contribution in [2.75, 3.05) is 21.3 Å². The van der Waals surface area contributed by atoms with Gasteiger partial charge in [0.05, 0.1) is 37.5 Å². The topological polar surface area (TPSA) is 31.6 Å². The lowest BCUT2D eigenvalue weighted by atomic mass is 10.0. The van der Waals surface area contributed by atoms with Crippen LogP contribution in [0.1, 0.15) is 0 Å². The summed E-state index contributed by atoms with van der Waals surface area (Å²) in [5, 5.41) is 5.80. The van der Waals surface area contributed by atoms with Gasteiger partial charge in [0.15, 0.2) is 17.7 Å². The Morgan fingerprint density at radius 2 is 1.38 bits per heavy atom. The van der Waals surface area contributed by atoms with Crippen LogP contribution >= 0.6 is 0 Å². The van der Waals surface area contributed by atoms with Gasteiger partial charge < -0.3 is 26.6 Å². The number of ether oxygens (including phenoxy) is 3. The number of aryl methyl sites for hydroxylation is 1. The van der Waals surface area contributed by atoms with E-state index in [-0.39, 0.29) is 12.4 Å². The molecule has 0 aliphatic carbocycles. The maximum atomic E-state index is 5.50. The van der Waals surface area contributed by atoms with Gasteiger partial charge >= 0.3 is 0 Å². The third kappa shape index (κ3) is 2.67. The van der Waals surface area contributed by atoms with E-state index in [1.807, 2.05) is 18.2 Å². The van der Waals surface area contributed by atoms with Gasteiger partial charge in [-0.15, -0.1) is 0 Å². The van der Waals surface area contributed by atoms with Crippen molar-refractivity contribution >= 4 is 32.4 Å². The Labute approximate surface area is 158 Å². The number of benzene rings is 3. The molecule has 0 saturated heterocycles. The Morgan fingerprint density at radius 1 is 0.692 bits per heavy atom. The maximum absolute atomic E-state index is 5.50. The van der Waals surface area contributed by atoms with Crippen LogP contribution in [-0.4, -0.2) is 21.3 Å². The quantitative estimate of drug-likeness (QED) is 0.399. The van der Waals surface area contributed by atoms with Crippen LogP contribution in [0.25, 0.3) is 32.4 Å². The van der Waals surface area contributed by atoms with Gasteiger partial charge in [0.1, 0.15) is 12.8 Å². The molecule has 26 heavy (non-hydrogen) atoms. The minimum atomic E-state index is 0. The van der Waals surface area contributed by atoms with Gasteiger partial charge in [-0.25, -0.2) is 0 Å². The zero-order valence-electron chi connectivity index (χ0n) is 15.2. The summed E-state index contributed by atoms with van der Waals surface area (Å²) in [5.41, 5.74) is 1.16. The highest BCUT2D eigenvalue weighted by molar-refractivity contribution is 6.14. The van der Waals surface area contributed by atoms with Gasteiger partial charge in [0.25, 0.3) is 0 Å². The molecule has 1 heterocycles. The number of rotatable bonds is 3. The molecule has 4 aromatic rings. The molecule has 4 rings (SSSR count). The van der Waals surface area contributed by atoms with Gasteiger partial charge in [0.2, 0.25) is 5.52 Å². The first-order chi connectivity index (χ1) is 12.2. The van der Waals surface area contributed by atoms with Crippen LogP contribution in [0.5, 0.6) is 17.2 Å². The van der Waals surface area contributed by atoms with Gasteiger partial charge in [-0.1, -0.05) is 6.07 Å². The smallest absolute Gasteiger partial charge is 0.220 e. The van der Waals surface area contributed by atoms with E-state index in [1.165, 1.54) is 10.8 Å². The minimum absolute atomic E-state index is 0. The first-order valence-corrected chi connectivity index (χ1v) is 8.11. The molecule has 0 bridgehead atoms. The summed E-state index contributed by atoms with van der Waals surface area (Å²) in [6.07, 6.45) is 2.14. The van der Waals surface area contributed by atoms with E-state index in [4.69, 9.17) is 14.2 Å². The highest BCUT2D eigenvalue weighted by Gasteiger charge is 2.17.